The van der Waals surface area contributed by atoms with Crippen molar-refractivity contribution in [3.05, 3.63) is 12.3 Å². The first-order chi connectivity index (χ1) is 4.30. The average Bonchev–Trinajstić information content (AvgIpc) is 1.90. The van der Waals surface area contributed by atoms with Crippen molar-refractivity contribution in [3.8, 4) is 0 Å². The van der Waals surface area contributed by atoms with Gasteiger partial charge in [0.2, 0.25) is 6.21 Å². The topological polar surface area (TPSA) is 60.3 Å². The summed E-state index contributed by atoms with van der Waals surface area (Å²) in [6.45, 7) is 0. The zero-order valence-corrected chi connectivity index (χ0v) is 5.22. The summed E-state index contributed by atoms with van der Waals surface area (Å²) in [4.78, 5) is 3.51. The zero-order chi connectivity index (χ0) is 6.69. The number of aliphatic imine (C=N–C) groups is 1. The minimum Gasteiger partial charge on any atom is -0.290 e. The molecule has 1 aliphatic heterocycles. The van der Waals surface area contributed by atoms with Gasteiger partial charge in [0, 0.05) is 12.3 Å². The van der Waals surface area contributed by atoms with Crippen LogP contribution in [0.25, 0.3) is 0 Å². The molecule has 1 N–H and O–H groups in total. The summed E-state index contributed by atoms with van der Waals surface area (Å²) in [5.74, 6) is 0. The first kappa shape index (κ1) is 6.03. The van der Waals surface area contributed by atoms with Gasteiger partial charge in [-0.2, -0.15) is 8.42 Å². The van der Waals surface area contributed by atoms with Crippen LogP contribution in [-0.4, -0.2) is 19.7 Å². The van der Waals surface area contributed by atoms with Crippen molar-refractivity contribution in [1.82, 2.24) is 10.3 Å². The summed E-state index contributed by atoms with van der Waals surface area (Å²) in [7, 11) is -2.25. The zero-order valence-electron chi connectivity index (χ0n) is 4.40. The van der Waals surface area contributed by atoms with Gasteiger partial charge in [0.25, 0.3) is 0 Å². The predicted molar refractivity (Wildman–Crippen MR) is 34.4 cm³/mol. The van der Waals surface area contributed by atoms with E-state index < -0.39 is 10.3 Å². The van der Waals surface area contributed by atoms with Crippen LogP contribution in [0, 0.1) is 0 Å². The lowest BCUT2D eigenvalue weighted by Crippen LogP contribution is -2.26. The molecule has 0 saturated carbocycles. The SMILES string of the molecule is O=S(=O)=C1[N+]=CC=CN1. The van der Waals surface area contributed by atoms with Crippen LogP contribution in [0.15, 0.2) is 12.3 Å². The van der Waals surface area contributed by atoms with E-state index in [9.17, 15) is 8.42 Å². The van der Waals surface area contributed by atoms with Crippen molar-refractivity contribution in [1.29, 1.82) is 0 Å². The molecule has 0 aromatic carbocycles. The molecule has 1 radical (unpaired) electrons. The third-order valence-electron chi connectivity index (χ3n) is 0.739. The Kier molecular flexibility index (Phi) is 1.64. The van der Waals surface area contributed by atoms with Gasteiger partial charge in [-0.1, -0.05) is 0 Å². The number of nitrogens with one attached hydrogen (secondary N) is 1. The van der Waals surface area contributed by atoms with Crippen molar-refractivity contribution in [2.24, 2.45) is 0 Å². The smallest absolute Gasteiger partial charge is 0.290 e. The summed E-state index contributed by atoms with van der Waals surface area (Å²) in [6.07, 6.45) is 4.51. The van der Waals surface area contributed by atoms with Crippen LogP contribution in [0.5, 0.6) is 0 Å². The van der Waals surface area contributed by atoms with Gasteiger partial charge in [0.15, 0.2) is 0 Å². The lowest BCUT2D eigenvalue weighted by Gasteiger charge is -1.83. The number of rotatable bonds is 0. The van der Waals surface area contributed by atoms with Crippen LogP contribution >= 0.6 is 0 Å². The molecule has 0 unspecified atom stereocenters. The van der Waals surface area contributed by atoms with E-state index in [-0.39, 0.29) is 5.11 Å². The Hall–Kier alpha value is -1.10. The Bertz CT molecular complexity index is 278. The van der Waals surface area contributed by atoms with E-state index in [1.54, 1.807) is 6.08 Å². The molecule has 5 heteroatoms. The first-order valence-electron chi connectivity index (χ1n) is 2.22. The molecule has 0 saturated heterocycles. The van der Waals surface area contributed by atoms with Crippen molar-refractivity contribution in [2.45, 2.75) is 0 Å². The highest BCUT2D eigenvalue weighted by molar-refractivity contribution is 7.72. The van der Waals surface area contributed by atoms with Crippen molar-refractivity contribution < 1.29 is 8.42 Å². The Morgan fingerprint density at radius 3 is 2.67 bits per heavy atom. The fraction of sp³-hybridized carbons (Fsp3) is 0. The summed E-state index contributed by atoms with van der Waals surface area (Å²) in [5, 5.41) is 2.40. The number of allylic oxidation sites excluding steroid dienone is 1. The fourth-order valence-electron chi connectivity index (χ4n) is 0.402. The maximum absolute atomic E-state index is 10.1. The minimum atomic E-state index is -2.25. The highest BCUT2D eigenvalue weighted by Gasteiger charge is 2.10. The van der Waals surface area contributed by atoms with E-state index >= 15 is 0 Å². The Balaban J connectivity index is 3.05. The van der Waals surface area contributed by atoms with Crippen LogP contribution in [0.1, 0.15) is 0 Å². The molecule has 47 valence electrons. The number of hydrogen-bond donors (Lipinski definition) is 1. The summed E-state index contributed by atoms with van der Waals surface area (Å²) in [6, 6.07) is 0. The van der Waals surface area contributed by atoms with Crippen LogP contribution in [0.2, 0.25) is 0 Å². The van der Waals surface area contributed by atoms with E-state index in [1.165, 1.54) is 12.4 Å². The first-order valence-corrected chi connectivity index (χ1v) is 3.30. The van der Waals surface area contributed by atoms with Gasteiger partial charge in [-0.15, -0.1) is 0 Å². The van der Waals surface area contributed by atoms with Crippen LogP contribution in [-0.2, 0) is 10.3 Å². The molecule has 0 spiro atoms. The molecule has 0 amide bonds. The minimum absolute atomic E-state index is 0.0440. The van der Waals surface area contributed by atoms with E-state index in [0.717, 1.165) is 0 Å². The summed E-state index contributed by atoms with van der Waals surface area (Å²) < 4.78 is 20.2. The van der Waals surface area contributed by atoms with Crippen LogP contribution < -0.4 is 10.3 Å². The van der Waals surface area contributed by atoms with Gasteiger partial charge >= 0.3 is 15.4 Å². The highest BCUT2D eigenvalue weighted by atomic mass is 32.2. The molecule has 1 heterocycles. The number of nitrogens with zero attached hydrogens (tertiary/aromatic N) is 1. The van der Waals surface area contributed by atoms with Crippen molar-refractivity contribution >= 4 is 21.6 Å². The molecular weight excluding hydrogens is 140 g/mol. The molecule has 0 atom stereocenters. The van der Waals surface area contributed by atoms with Crippen LogP contribution in [0.4, 0.5) is 0 Å². The van der Waals surface area contributed by atoms with Gasteiger partial charge in [-0.25, -0.2) is 0 Å². The van der Waals surface area contributed by atoms with Gasteiger partial charge in [-0.3, -0.25) is 5.32 Å². The van der Waals surface area contributed by atoms with Crippen LogP contribution in [0.3, 0.4) is 0 Å². The van der Waals surface area contributed by atoms with E-state index in [2.05, 4.69) is 10.3 Å². The fourth-order valence-corrected chi connectivity index (χ4v) is 0.713. The third kappa shape index (κ3) is 1.39. The average molecular weight is 144 g/mol. The summed E-state index contributed by atoms with van der Waals surface area (Å²) in [5.41, 5.74) is 0. The Morgan fingerprint density at radius 1 is 1.56 bits per heavy atom. The van der Waals surface area contributed by atoms with Crippen molar-refractivity contribution in [3.63, 3.8) is 0 Å². The largest absolute Gasteiger partial charge is 0.469 e. The molecule has 1 rings (SSSR count). The lowest BCUT2D eigenvalue weighted by atomic mass is 10.6. The lowest BCUT2D eigenvalue weighted by molar-refractivity contribution is 0.626. The highest BCUT2D eigenvalue weighted by Crippen LogP contribution is 1.68. The molecule has 0 aromatic heterocycles. The van der Waals surface area contributed by atoms with E-state index in [0.29, 0.717) is 0 Å². The maximum atomic E-state index is 10.1. The second-order valence-corrected chi connectivity index (χ2v) is 2.18. The van der Waals surface area contributed by atoms with Gasteiger partial charge < -0.3 is 0 Å². The maximum Gasteiger partial charge on any atom is 0.469 e. The molecule has 0 aromatic rings. The molecular formula is C4H4N2O2S+. The Morgan fingerprint density at radius 2 is 2.33 bits per heavy atom. The molecule has 1 aliphatic rings. The molecule has 4 nitrogen and oxygen atoms in total. The molecule has 0 aliphatic carbocycles. The van der Waals surface area contributed by atoms with Crippen molar-refractivity contribution in [2.75, 3.05) is 0 Å². The second-order valence-electron chi connectivity index (χ2n) is 1.32. The second kappa shape index (κ2) is 2.45. The predicted octanol–water partition coefficient (Wildman–Crippen LogP) is -1.52. The monoisotopic (exact) mass is 144 g/mol. The molecule has 0 bridgehead atoms. The van der Waals surface area contributed by atoms with Gasteiger partial charge in [-0.05, 0) is 0 Å². The molecule has 0 fully saturated rings. The van der Waals surface area contributed by atoms with E-state index in [4.69, 9.17) is 0 Å². The standard InChI is InChI=1S/C4H4N2O2S/c7-9(8)4-5-2-1-3-6-4/h1-3,5H/q+1. The molecule has 9 heavy (non-hydrogen) atoms. The Labute approximate surface area is 53.4 Å². The summed E-state index contributed by atoms with van der Waals surface area (Å²) >= 11 is 0. The number of hydrogen-bond acceptors (Lipinski definition) is 2. The third-order valence-corrected chi connectivity index (χ3v) is 1.28. The van der Waals surface area contributed by atoms with Gasteiger partial charge in [0.1, 0.15) is 0 Å². The normalized spacial score (nSPS) is 15.3. The van der Waals surface area contributed by atoms with Gasteiger partial charge in [0.05, 0.1) is 4.99 Å². The van der Waals surface area contributed by atoms with E-state index in [1.807, 2.05) is 0 Å². The quantitative estimate of drug-likeness (QED) is 0.420.